The number of benzene rings is 1. The van der Waals surface area contributed by atoms with Gasteiger partial charge in [0.25, 0.3) is 0 Å². The fraction of sp³-hybridized carbons (Fsp3) is 0.524. The van der Waals surface area contributed by atoms with Crippen LogP contribution in [0.5, 0.6) is 0 Å². The molecule has 172 valence electrons. The summed E-state index contributed by atoms with van der Waals surface area (Å²) in [5, 5.41) is 5.35. The topological polar surface area (TPSA) is 175 Å². The van der Waals surface area contributed by atoms with Crippen LogP contribution < -0.4 is 27.8 Å². The summed E-state index contributed by atoms with van der Waals surface area (Å²) in [6, 6.07) is 6.80. The Balaban J connectivity index is 2.75. The molecule has 0 heterocycles. The number of guanidine groups is 1. The molecule has 0 aliphatic rings. The largest absolute Gasteiger partial charge is 0.467 e. The Morgan fingerprint density at radius 2 is 1.71 bits per heavy atom. The van der Waals surface area contributed by atoms with Crippen molar-refractivity contribution in [3.63, 3.8) is 0 Å². The molecule has 1 aromatic rings. The Morgan fingerprint density at radius 3 is 2.26 bits per heavy atom. The smallest absolute Gasteiger partial charge is 0.328 e. The van der Waals surface area contributed by atoms with Crippen LogP contribution in [-0.4, -0.2) is 55.5 Å². The van der Waals surface area contributed by atoms with Gasteiger partial charge in [0.1, 0.15) is 12.1 Å². The highest BCUT2D eigenvalue weighted by atomic mass is 16.5. The molecule has 0 fully saturated rings. The van der Waals surface area contributed by atoms with Crippen molar-refractivity contribution in [3.8, 4) is 0 Å². The van der Waals surface area contributed by atoms with Crippen molar-refractivity contribution in [2.45, 2.75) is 51.2 Å². The number of carbonyl (C=O) groups is 3. The van der Waals surface area contributed by atoms with E-state index in [1.165, 1.54) is 7.11 Å². The molecule has 0 spiro atoms. The van der Waals surface area contributed by atoms with E-state index in [1.54, 1.807) is 13.8 Å². The van der Waals surface area contributed by atoms with E-state index in [2.05, 4.69) is 15.6 Å². The normalized spacial score (nSPS) is 13.6. The molecule has 0 bridgehead atoms. The molecule has 0 aromatic heterocycles. The summed E-state index contributed by atoms with van der Waals surface area (Å²) >= 11 is 0. The van der Waals surface area contributed by atoms with E-state index in [9.17, 15) is 14.4 Å². The van der Waals surface area contributed by atoms with E-state index < -0.39 is 35.9 Å². The van der Waals surface area contributed by atoms with Crippen molar-refractivity contribution in [2.75, 3.05) is 13.7 Å². The van der Waals surface area contributed by atoms with Crippen molar-refractivity contribution >= 4 is 23.7 Å². The van der Waals surface area contributed by atoms with E-state index in [0.717, 1.165) is 5.56 Å². The third-order valence-electron chi connectivity index (χ3n) is 4.63. The number of amides is 2. The van der Waals surface area contributed by atoms with Crippen LogP contribution in [-0.2, 0) is 25.5 Å². The SMILES string of the molecule is COC(=O)C(CCCN=C(N)N)NC(=O)C(NC(=O)C(N)Cc1ccccc1)C(C)C. The molecule has 3 atom stereocenters. The van der Waals surface area contributed by atoms with Gasteiger partial charge in [-0.15, -0.1) is 0 Å². The summed E-state index contributed by atoms with van der Waals surface area (Å²) in [7, 11) is 1.24. The first-order valence-corrected chi connectivity index (χ1v) is 10.2. The van der Waals surface area contributed by atoms with E-state index in [0.29, 0.717) is 19.4 Å². The van der Waals surface area contributed by atoms with Crippen LogP contribution in [0, 0.1) is 5.92 Å². The quantitative estimate of drug-likeness (QED) is 0.126. The van der Waals surface area contributed by atoms with Gasteiger partial charge in [-0.2, -0.15) is 0 Å². The highest BCUT2D eigenvalue weighted by Crippen LogP contribution is 2.08. The number of nitrogens with one attached hydrogen (secondary N) is 2. The van der Waals surface area contributed by atoms with Crippen LogP contribution in [0.3, 0.4) is 0 Å². The lowest BCUT2D eigenvalue weighted by atomic mass is 10.0. The van der Waals surface area contributed by atoms with Crippen molar-refractivity contribution in [1.29, 1.82) is 0 Å². The average molecular weight is 435 g/mol. The molecule has 0 saturated heterocycles. The summed E-state index contributed by atoms with van der Waals surface area (Å²) in [5.74, 6) is -1.80. The maximum atomic E-state index is 12.8. The minimum atomic E-state index is -0.886. The second-order valence-electron chi connectivity index (χ2n) is 7.56. The number of carbonyl (C=O) groups excluding carboxylic acids is 3. The van der Waals surface area contributed by atoms with Gasteiger partial charge in [0.15, 0.2) is 5.96 Å². The highest BCUT2D eigenvalue weighted by Gasteiger charge is 2.30. The molecular formula is C21H34N6O4. The Hall–Kier alpha value is -3.14. The minimum Gasteiger partial charge on any atom is -0.467 e. The molecular weight excluding hydrogens is 400 g/mol. The molecule has 1 aromatic carbocycles. The second kappa shape index (κ2) is 13.2. The first-order chi connectivity index (χ1) is 14.6. The van der Waals surface area contributed by atoms with Gasteiger partial charge < -0.3 is 32.6 Å². The molecule has 1 rings (SSSR count). The van der Waals surface area contributed by atoms with E-state index in [-0.39, 0.29) is 18.3 Å². The zero-order valence-corrected chi connectivity index (χ0v) is 18.3. The van der Waals surface area contributed by atoms with Gasteiger partial charge in [-0.05, 0) is 30.7 Å². The van der Waals surface area contributed by atoms with Gasteiger partial charge in [0.05, 0.1) is 13.2 Å². The minimum absolute atomic E-state index is 0.0481. The van der Waals surface area contributed by atoms with Gasteiger partial charge in [0.2, 0.25) is 11.8 Å². The van der Waals surface area contributed by atoms with Crippen LogP contribution in [0.15, 0.2) is 35.3 Å². The molecule has 0 aliphatic heterocycles. The Morgan fingerprint density at radius 1 is 1.06 bits per heavy atom. The van der Waals surface area contributed by atoms with Crippen molar-refractivity contribution in [2.24, 2.45) is 28.1 Å². The highest BCUT2D eigenvalue weighted by molar-refractivity contribution is 5.92. The maximum Gasteiger partial charge on any atom is 0.328 e. The van der Waals surface area contributed by atoms with Crippen LogP contribution in [0.2, 0.25) is 0 Å². The van der Waals surface area contributed by atoms with Crippen LogP contribution in [0.1, 0.15) is 32.3 Å². The number of nitrogens with zero attached hydrogens (tertiary/aromatic N) is 1. The zero-order chi connectivity index (χ0) is 23.4. The summed E-state index contributed by atoms with van der Waals surface area (Å²) in [5.41, 5.74) is 17.5. The Kier molecular flexibility index (Phi) is 11.0. The number of hydrogen-bond acceptors (Lipinski definition) is 6. The first kappa shape index (κ1) is 25.9. The van der Waals surface area contributed by atoms with Gasteiger partial charge in [-0.3, -0.25) is 14.6 Å². The number of methoxy groups -OCH3 is 1. The third-order valence-corrected chi connectivity index (χ3v) is 4.63. The summed E-state index contributed by atoms with van der Waals surface area (Å²) in [4.78, 5) is 41.3. The fourth-order valence-corrected chi connectivity index (χ4v) is 2.91. The van der Waals surface area contributed by atoms with Gasteiger partial charge >= 0.3 is 5.97 Å². The van der Waals surface area contributed by atoms with Crippen LogP contribution >= 0.6 is 0 Å². The molecule has 0 radical (unpaired) electrons. The van der Waals surface area contributed by atoms with Gasteiger partial charge in [0, 0.05) is 6.54 Å². The second-order valence-corrected chi connectivity index (χ2v) is 7.56. The van der Waals surface area contributed by atoms with Crippen LogP contribution in [0.25, 0.3) is 0 Å². The standard InChI is InChI=1S/C21H34N6O4/c1-13(2)17(27-18(28)15(22)12-14-8-5-4-6-9-14)19(29)26-16(20(30)31-3)10-7-11-25-21(23)24/h4-6,8-9,13,15-17H,7,10-12,22H2,1-3H3,(H,26,29)(H,27,28)(H4,23,24,25). The van der Waals surface area contributed by atoms with E-state index >= 15 is 0 Å². The van der Waals surface area contributed by atoms with Crippen molar-refractivity contribution in [1.82, 2.24) is 10.6 Å². The lowest BCUT2D eigenvalue weighted by Gasteiger charge is -2.25. The lowest BCUT2D eigenvalue weighted by molar-refractivity contribution is -0.145. The molecule has 2 amide bonds. The number of ether oxygens (including phenoxy) is 1. The Labute approximate surface area is 183 Å². The van der Waals surface area contributed by atoms with Crippen molar-refractivity contribution < 1.29 is 19.1 Å². The zero-order valence-electron chi connectivity index (χ0n) is 18.3. The van der Waals surface area contributed by atoms with Crippen LogP contribution in [0.4, 0.5) is 0 Å². The van der Waals surface area contributed by atoms with Gasteiger partial charge in [-0.25, -0.2) is 4.79 Å². The number of esters is 1. The predicted octanol–water partition coefficient (Wildman–Crippen LogP) is -0.591. The number of aliphatic imine (C=N–C) groups is 1. The first-order valence-electron chi connectivity index (χ1n) is 10.2. The summed E-state index contributed by atoms with van der Waals surface area (Å²) in [6.07, 6.45) is 1.08. The summed E-state index contributed by atoms with van der Waals surface area (Å²) in [6.45, 7) is 3.89. The number of rotatable bonds is 12. The van der Waals surface area contributed by atoms with E-state index in [1.807, 2.05) is 30.3 Å². The molecule has 8 N–H and O–H groups in total. The molecule has 0 aliphatic carbocycles. The maximum absolute atomic E-state index is 12.8. The molecule has 3 unspecified atom stereocenters. The molecule has 0 saturated carbocycles. The Bertz CT molecular complexity index is 749. The van der Waals surface area contributed by atoms with E-state index in [4.69, 9.17) is 21.9 Å². The molecule has 10 heteroatoms. The monoisotopic (exact) mass is 434 g/mol. The van der Waals surface area contributed by atoms with Gasteiger partial charge in [-0.1, -0.05) is 44.2 Å². The number of nitrogens with two attached hydrogens (primary N) is 3. The van der Waals surface area contributed by atoms with Crippen molar-refractivity contribution in [3.05, 3.63) is 35.9 Å². The molecule has 31 heavy (non-hydrogen) atoms. The average Bonchev–Trinajstić information content (AvgIpc) is 2.73. The summed E-state index contributed by atoms with van der Waals surface area (Å²) < 4.78 is 4.77. The third kappa shape index (κ3) is 9.47. The predicted molar refractivity (Wildman–Crippen MR) is 119 cm³/mol. The molecule has 10 nitrogen and oxygen atoms in total. The number of hydrogen-bond donors (Lipinski definition) is 5. The fourth-order valence-electron chi connectivity index (χ4n) is 2.91. The lowest BCUT2D eigenvalue weighted by Crippen LogP contribution is -2.56.